The van der Waals surface area contributed by atoms with Crippen LogP contribution in [0.15, 0.2) is 38.0 Å². The van der Waals surface area contributed by atoms with Crippen LogP contribution in [0.3, 0.4) is 0 Å². The summed E-state index contributed by atoms with van der Waals surface area (Å²) in [5.41, 5.74) is 0.498. The fourth-order valence-corrected chi connectivity index (χ4v) is 1.53. The van der Waals surface area contributed by atoms with E-state index in [1.54, 1.807) is 19.1 Å². The Bertz CT molecular complexity index is 467. The molecule has 0 unspecified atom stereocenters. The lowest BCUT2D eigenvalue weighted by Crippen LogP contribution is -1.97. The van der Waals surface area contributed by atoms with Crippen LogP contribution in [0.5, 0.6) is 0 Å². The van der Waals surface area contributed by atoms with Crippen LogP contribution >= 0.6 is 15.9 Å². The van der Waals surface area contributed by atoms with Gasteiger partial charge in [-0.3, -0.25) is 4.79 Å². The SMILES string of the molecule is Cc1cc(C(=O)c2occc2Br)co1. The van der Waals surface area contributed by atoms with Crippen molar-refractivity contribution in [2.75, 3.05) is 0 Å². The zero-order chi connectivity index (χ0) is 10.1. The van der Waals surface area contributed by atoms with E-state index in [-0.39, 0.29) is 5.78 Å². The molecular formula is C10H7BrO3. The van der Waals surface area contributed by atoms with Gasteiger partial charge in [-0.15, -0.1) is 0 Å². The molecule has 2 rings (SSSR count). The minimum absolute atomic E-state index is 0.182. The van der Waals surface area contributed by atoms with Crippen molar-refractivity contribution in [3.8, 4) is 0 Å². The second-order valence-electron chi connectivity index (χ2n) is 2.87. The fourth-order valence-electron chi connectivity index (χ4n) is 1.15. The monoisotopic (exact) mass is 254 g/mol. The van der Waals surface area contributed by atoms with Gasteiger partial charge in [-0.05, 0) is 35.0 Å². The Kier molecular flexibility index (Phi) is 2.29. The van der Waals surface area contributed by atoms with Crippen LogP contribution in [0, 0.1) is 6.92 Å². The molecular weight excluding hydrogens is 248 g/mol. The molecule has 3 nitrogen and oxygen atoms in total. The Hall–Kier alpha value is -1.29. The van der Waals surface area contributed by atoms with E-state index in [1.165, 1.54) is 12.5 Å². The Morgan fingerprint density at radius 1 is 1.43 bits per heavy atom. The molecule has 2 aromatic heterocycles. The third kappa shape index (κ3) is 1.53. The number of furan rings is 2. The van der Waals surface area contributed by atoms with Crippen LogP contribution < -0.4 is 0 Å². The van der Waals surface area contributed by atoms with Crippen molar-refractivity contribution in [2.24, 2.45) is 0 Å². The van der Waals surface area contributed by atoms with Crippen LogP contribution in [0.2, 0.25) is 0 Å². The van der Waals surface area contributed by atoms with Gasteiger partial charge in [0, 0.05) is 0 Å². The summed E-state index contributed by atoms with van der Waals surface area (Å²) in [7, 11) is 0. The van der Waals surface area contributed by atoms with Crippen molar-refractivity contribution in [3.05, 3.63) is 46.2 Å². The molecule has 0 aliphatic rings. The van der Waals surface area contributed by atoms with Crippen molar-refractivity contribution in [2.45, 2.75) is 6.92 Å². The molecule has 0 aliphatic carbocycles. The third-order valence-electron chi connectivity index (χ3n) is 1.82. The first-order valence-electron chi connectivity index (χ1n) is 4.01. The predicted molar refractivity (Wildman–Crippen MR) is 53.3 cm³/mol. The Labute approximate surface area is 88.8 Å². The van der Waals surface area contributed by atoms with Crippen LogP contribution in [-0.2, 0) is 0 Å². The summed E-state index contributed by atoms with van der Waals surface area (Å²) in [5.74, 6) is 0.820. The molecule has 72 valence electrons. The van der Waals surface area contributed by atoms with Crippen LogP contribution in [0.25, 0.3) is 0 Å². The van der Waals surface area contributed by atoms with Crippen molar-refractivity contribution >= 4 is 21.7 Å². The lowest BCUT2D eigenvalue weighted by Gasteiger charge is -1.92. The van der Waals surface area contributed by atoms with Gasteiger partial charge in [-0.1, -0.05) is 0 Å². The highest BCUT2D eigenvalue weighted by molar-refractivity contribution is 9.10. The van der Waals surface area contributed by atoms with Gasteiger partial charge in [0.1, 0.15) is 12.0 Å². The maximum atomic E-state index is 11.8. The molecule has 0 radical (unpaired) electrons. The molecule has 0 bridgehead atoms. The van der Waals surface area contributed by atoms with Crippen LogP contribution in [-0.4, -0.2) is 5.78 Å². The molecule has 0 N–H and O–H groups in total. The van der Waals surface area contributed by atoms with E-state index < -0.39 is 0 Å². The van der Waals surface area contributed by atoms with E-state index >= 15 is 0 Å². The first kappa shape index (κ1) is 9.27. The largest absolute Gasteiger partial charge is 0.469 e. The lowest BCUT2D eigenvalue weighted by molar-refractivity contribution is 0.101. The van der Waals surface area contributed by atoms with Gasteiger partial charge in [0.2, 0.25) is 5.78 Å². The highest BCUT2D eigenvalue weighted by atomic mass is 79.9. The second-order valence-corrected chi connectivity index (χ2v) is 3.73. The van der Waals surface area contributed by atoms with E-state index in [2.05, 4.69) is 15.9 Å². The molecule has 0 fully saturated rings. The van der Waals surface area contributed by atoms with E-state index in [4.69, 9.17) is 8.83 Å². The predicted octanol–water partition coefficient (Wildman–Crippen LogP) is 3.17. The number of hydrogen-bond acceptors (Lipinski definition) is 3. The first-order chi connectivity index (χ1) is 6.68. The van der Waals surface area contributed by atoms with Crippen LogP contribution in [0.4, 0.5) is 0 Å². The standard InChI is InChI=1S/C10H7BrO3/c1-6-4-7(5-14-6)9(12)10-8(11)2-3-13-10/h2-5H,1H3. The number of ketones is 1. The van der Waals surface area contributed by atoms with Gasteiger partial charge in [-0.25, -0.2) is 0 Å². The van der Waals surface area contributed by atoms with E-state index in [0.29, 0.717) is 21.6 Å². The summed E-state index contributed by atoms with van der Waals surface area (Å²) < 4.78 is 10.8. The van der Waals surface area contributed by atoms with Gasteiger partial charge in [0.05, 0.1) is 16.3 Å². The Balaban J connectivity index is 2.38. The Morgan fingerprint density at radius 2 is 2.21 bits per heavy atom. The van der Waals surface area contributed by atoms with Crippen molar-refractivity contribution in [3.63, 3.8) is 0 Å². The lowest BCUT2D eigenvalue weighted by atomic mass is 10.2. The topological polar surface area (TPSA) is 43.4 Å². The molecule has 0 atom stereocenters. The maximum absolute atomic E-state index is 11.8. The molecule has 4 heteroatoms. The number of rotatable bonds is 2. The van der Waals surface area contributed by atoms with E-state index in [9.17, 15) is 4.79 Å². The normalized spacial score (nSPS) is 10.4. The van der Waals surface area contributed by atoms with Crippen molar-refractivity contribution in [1.82, 2.24) is 0 Å². The van der Waals surface area contributed by atoms with Crippen molar-refractivity contribution < 1.29 is 13.6 Å². The molecule has 0 aromatic carbocycles. The van der Waals surface area contributed by atoms with E-state index in [0.717, 1.165) is 0 Å². The van der Waals surface area contributed by atoms with Gasteiger partial charge in [0.25, 0.3) is 0 Å². The maximum Gasteiger partial charge on any atom is 0.232 e. The molecule has 0 saturated carbocycles. The molecule has 14 heavy (non-hydrogen) atoms. The number of carbonyl (C=O) groups is 1. The zero-order valence-corrected chi connectivity index (χ0v) is 9.00. The quantitative estimate of drug-likeness (QED) is 0.774. The molecule has 0 amide bonds. The zero-order valence-electron chi connectivity index (χ0n) is 7.41. The summed E-state index contributed by atoms with van der Waals surface area (Å²) in [4.78, 5) is 11.8. The summed E-state index contributed by atoms with van der Waals surface area (Å²) in [6.07, 6.45) is 2.89. The van der Waals surface area contributed by atoms with Crippen molar-refractivity contribution in [1.29, 1.82) is 0 Å². The third-order valence-corrected chi connectivity index (χ3v) is 2.44. The highest BCUT2D eigenvalue weighted by Crippen LogP contribution is 2.21. The van der Waals surface area contributed by atoms with E-state index in [1.807, 2.05) is 0 Å². The Morgan fingerprint density at radius 3 is 2.71 bits per heavy atom. The van der Waals surface area contributed by atoms with Gasteiger partial charge in [-0.2, -0.15) is 0 Å². The van der Waals surface area contributed by atoms with Gasteiger partial charge < -0.3 is 8.83 Å². The number of carbonyl (C=O) groups excluding carboxylic acids is 1. The number of halogens is 1. The number of hydrogen-bond donors (Lipinski definition) is 0. The summed E-state index contributed by atoms with van der Waals surface area (Å²) in [6.45, 7) is 1.79. The molecule has 0 saturated heterocycles. The second kappa shape index (κ2) is 3.46. The first-order valence-corrected chi connectivity index (χ1v) is 4.80. The van der Waals surface area contributed by atoms with Gasteiger partial charge in [0.15, 0.2) is 5.76 Å². The summed E-state index contributed by atoms with van der Waals surface area (Å²) in [5, 5.41) is 0. The highest BCUT2D eigenvalue weighted by Gasteiger charge is 2.17. The summed E-state index contributed by atoms with van der Waals surface area (Å²) >= 11 is 3.23. The smallest absolute Gasteiger partial charge is 0.232 e. The van der Waals surface area contributed by atoms with Gasteiger partial charge >= 0.3 is 0 Å². The minimum Gasteiger partial charge on any atom is -0.469 e. The molecule has 0 spiro atoms. The average molecular weight is 255 g/mol. The molecule has 2 aromatic rings. The van der Waals surface area contributed by atoms with Crippen LogP contribution in [0.1, 0.15) is 21.9 Å². The average Bonchev–Trinajstić information content (AvgIpc) is 2.73. The minimum atomic E-state index is -0.182. The molecule has 0 aliphatic heterocycles. The number of aryl methyl sites for hydroxylation is 1. The fraction of sp³-hybridized carbons (Fsp3) is 0.100. The molecule has 2 heterocycles. The summed E-state index contributed by atoms with van der Waals surface area (Å²) in [6, 6.07) is 3.36.